The van der Waals surface area contributed by atoms with Crippen molar-refractivity contribution in [3.8, 4) is 5.75 Å². The van der Waals surface area contributed by atoms with E-state index in [1.165, 1.54) is 10.9 Å². The van der Waals surface area contributed by atoms with Gasteiger partial charge >= 0.3 is 0 Å². The molecule has 0 saturated heterocycles. The van der Waals surface area contributed by atoms with E-state index in [2.05, 4.69) is 4.98 Å². The highest BCUT2D eigenvalue weighted by molar-refractivity contribution is 6.38. The van der Waals surface area contributed by atoms with Crippen LogP contribution in [0.15, 0.2) is 41.5 Å². The van der Waals surface area contributed by atoms with Crippen molar-refractivity contribution < 1.29 is 4.74 Å². The Labute approximate surface area is 143 Å². The first-order chi connectivity index (χ1) is 11.0. The van der Waals surface area contributed by atoms with Crippen LogP contribution in [0.5, 0.6) is 5.75 Å². The lowest BCUT2D eigenvalue weighted by Gasteiger charge is -2.12. The molecule has 4 nitrogen and oxygen atoms in total. The van der Waals surface area contributed by atoms with Gasteiger partial charge in [-0.2, -0.15) is 0 Å². The third-order valence-corrected chi connectivity index (χ3v) is 4.13. The number of benzene rings is 2. The predicted octanol–water partition coefficient (Wildman–Crippen LogP) is 4.07. The van der Waals surface area contributed by atoms with E-state index < -0.39 is 0 Å². The molecule has 0 atom stereocenters. The van der Waals surface area contributed by atoms with Gasteiger partial charge < -0.3 is 4.74 Å². The maximum absolute atomic E-state index is 12.7. The maximum Gasteiger partial charge on any atom is 0.261 e. The first-order valence-electron chi connectivity index (χ1n) is 6.97. The molecule has 118 valence electrons. The lowest BCUT2D eigenvalue weighted by atomic mass is 10.1. The smallest absolute Gasteiger partial charge is 0.261 e. The molecular formula is C17H14Cl2N2O2. The molecule has 1 heterocycles. The third-order valence-electron chi connectivity index (χ3n) is 3.62. The van der Waals surface area contributed by atoms with Gasteiger partial charge in [0, 0.05) is 10.6 Å². The van der Waals surface area contributed by atoms with Crippen molar-refractivity contribution in [1.82, 2.24) is 9.55 Å². The lowest BCUT2D eigenvalue weighted by Crippen LogP contribution is -2.21. The quantitative estimate of drug-likeness (QED) is 0.716. The molecule has 0 fully saturated rings. The second-order valence-corrected chi connectivity index (χ2v) is 6.12. The summed E-state index contributed by atoms with van der Waals surface area (Å²) in [6, 6.07) is 9.00. The molecule has 0 amide bonds. The molecule has 0 bridgehead atoms. The molecule has 1 aromatic heterocycles. The molecule has 0 aliphatic carbocycles. The van der Waals surface area contributed by atoms with E-state index in [1.807, 2.05) is 25.1 Å². The summed E-state index contributed by atoms with van der Waals surface area (Å²) in [5, 5.41) is 1.17. The van der Waals surface area contributed by atoms with Gasteiger partial charge in [-0.1, -0.05) is 40.9 Å². The molecule has 0 saturated carbocycles. The summed E-state index contributed by atoms with van der Waals surface area (Å²) >= 11 is 12.1. The topological polar surface area (TPSA) is 44.1 Å². The molecule has 0 radical (unpaired) electrons. The standard InChI is InChI=1S/C17H14Cl2N2O2/c1-10-3-4-15(23-2)11(5-10)8-21-9-20-16-13(17(21)22)6-12(18)7-14(16)19/h3-7,9H,8H2,1-2H3. The predicted molar refractivity (Wildman–Crippen MR) is 92.9 cm³/mol. The molecular weight excluding hydrogens is 335 g/mol. The van der Waals surface area contributed by atoms with E-state index in [0.717, 1.165) is 16.9 Å². The molecule has 23 heavy (non-hydrogen) atoms. The number of rotatable bonds is 3. The largest absolute Gasteiger partial charge is 0.496 e. The minimum Gasteiger partial charge on any atom is -0.496 e. The fraction of sp³-hybridized carbons (Fsp3) is 0.176. The Morgan fingerprint density at radius 1 is 1.22 bits per heavy atom. The minimum absolute atomic E-state index is 0.192. The van der Waals surface area contributed by atoms with Gasteiger partial charge in [0.25, 0.3) is 5.56 Å². The second-order valence-electron chi connectivity index (χ2n) is 5.28. The lowest BCUT2D eigenvalue weighted by molar-refractivity contribution is 0.408. The molecule has 0 aliphatic rings. The van der Waals surface area contributed by atoms with Gasteiger partial charge in [-0.05, 0) is 25.1 Å². The molecule has 0 aliphatic heterocycles. The summed E-state index contributed by atoms with van der Waals surface area (Å²) in [4.78, 5) is 17.0. The Hall–Kier alpha value is -2.04. The van der Waals surface area contributed by atoms with Crippen molar-refractivity contribution in [2.24, 2.45) is 0 Å². The summed E-state index contributed by atoms with van der Waals surface area (Å²) in [6.07, 6.45) is 1.49. The average molecular weight is 349 g/mol. The van der Waals surface area contributed by atoms with E-state index >= 15 is 0 Å². The number of fused-ring (bicyclic) bond motifs is 1. The zero-order chi connectivity index (χ0) is 16.6. The van der Waals surface area contributed by atoms with Crippen LogP contribution < -0.4 is 10.3 Å². The first kappa shape index (κ1) is 15.8. The average Bonchev–Trinajstić information content (AvgIpc) is 2.51. The number of halogens is 2. The van der Waals surface area contributed by atoms with Crippen LogP contribution in [0.2, 0.25) is 10.0 Å². The molecule has 2 aromatic carbocycles. The maximum atomic E-state index is 12.7. The van der Waals surface area contributed by atoms with Crippen LogP contribution >= 0.6 is 23.2 Å². The van der Waals surface area contributed by atoms with Gasteiger partial charge in [0.05, 0.1) is 35.9 Å². The number of methoxy groups -OCH3 is 1. The Balaban J connectivity index is 2.13. The fourth-order valence-electron chi connectivity index (χ4n) is 2.52. The number of nitrogens with zero attached hydrogens (tertiary/aromatic N) is 2. The SMILES string of the molecule is COc1ccc(C)cc1Cn1cnc2c(Cl)cc(Cl)cc2c1=O. The highest BCUT2D eigenvalue weighted by Crippen LogP contribution is 2.25. The highest BCUT2D eigenvalue weighted by Gasteiger charge is 2.11. The number of aryl methyl sites for hydroxylation is 1. The molecule has 0 spiro atoms. The summed E-state index contributed by atoms with van der Waals surface area (Å²) in [5.41, 5.74) is 2.26. The van der Waals surface area contributed by atoms with E-state index in [0.29, 0.717) is 27.5 Å². The zero-order valence-corrected chi connectivity index (χ0v) is 14.1. The van der Waals surface area contributed by atoms with Crippen LogP contribution in [-0.2, 0) is 6.54 Å². The van der Waals surface area contributed by atoms with Crippen molar-refractivity contribution in [2.75, 3.05) is 7.11 Å². The van der Waals surface area contributed by atoms with Crippen molar-refractivity contribution in [1.29, 1.82) is 0 Å². The van der Waals surface area contributed by atoms with Crippen LogP contribution in [0.25, 0.3) is 10.9 Å². The van der Waals surface area contributed by atoms with Gasteiger partial charge in [0.1, 0.15) is 5.75 Å². The Morgan fingerprint density at radius 2 is 2.00 bits per heavy atom. The van der Waals surface area contributed by atoms with E-state index in [1.54, 1.807) is 19.2 Å². The van der Waals surface area contributed by atoms with Crippen LogP contribution in [0.1, 0.15) is 11.1 Å². The van der Waals surface area contributed by atoms with Gasteiger partial charge in [-0.25, -0.2) is 4.98 Å². The number of hydrogen-bond donors (Lipinski definition) is 0. The molecule has 3 aromatic rings. The summed E-state index contributed by atoms with van der Waals surface area (Å²) in [5.74, 6) is 0.728. The van der Waals surface area contributed by atoms with Crippen molar-refractivity contribution >= 4 is 34.1 Å². The normalized spacial score (nSPS) is 11.0. The zero-order valence-electron chi connectivity index (χ0n) is 12.6. The van der Waals surface area contributed by atoms with Crippen LogP contribution in [0.4, 0.5) is 0 Å². The Kier molecular flexibility index (Phi) is 4.28. The molecule has 0 unspecified atom stereocenters. The van der Waals surface area contributed by atoms with E-state index in [-0.39, 0.29) is 5.56 Å². The van der Waals surface area contributed by atoms with Crippen LogP contribution in [-0.4, -0.2) is 16.7 Å². The van der Waals surface area contributed by atoms with Crippen molar-refractivity contribution in [3.05, 3.63) is 68.2 Å². The third kappa shape index (κ3) is 3.05. The number of hydrogen-bond acceptors (Lipinski definition) is 3. The van der Waals surface area contributed by atoms with Gasteiger partial charge in [-0.3, -0.25) is 9.36 Å². The Morgan fingerprint density at radius 3 is 2.74 bits per heavy atom. The minimum atomic E-state index is -0.192. The second kappa shape index (κ2) is 6.22. The van der Waals surface area contributed by atoms with E-state index in [9.17, 15) is 4.79 Å². The molecule has 3 rings (SSSR count). The monoisotopic (exact) mass is 348 g/mol. The fourth-order valence-corrected chi connectivity index (χ4v) is 3.06. The van der Waals surface area contributed by atoms with Gasteiger partial charge in [0.15, 0.2) is 0 Å². The van der Waals surface area contributed by atoms with Gasteiger partial charge in [-0.15, -0.1) is 0 Å². The summed E-state index contributed by atoms with van der Waals surface area (Å²) in [7, 11) is 1.61. The van der Waals surface area contributed by atoms with Crippen LogP contribution in [0, 0.1) is 6.92 Å². The van der Waals surface area contributed by atoms with E-state index in [4.69, 9.17) is 27.9 Å². The molecule has 0 N–H and O–H groups in total. The van der Waals surface area contributed by atoms with Crippen molar-refractivity contribution in [2.45, 2.75) is 13.5 Å². The first-order valence-corrected chi connectivity index (χ1v) is 7.73. The van der Waals surface area contributed by atoms with Crippen molar-refractivity contribution in [3.63, 3.8) is 0 Å². The number of ether oxygens (including phenoxy) is 1. The summed E-state index contributed by atoms with van der Waals surface area (Å²) < 4.78 is 6.88. The number of aromatic nitrogens is 2. The highest BCUT2D eigenvalue weighted by atomic mass is 35.5. The molecule has 6 heteroatoms. The Bertz CT molecular complexity index is 951. The summed E-state index contributed by atoms with van der Waals surface area (Å²) in [6.45, 7) is 2.35. The van der Waals surface area contributed by atoms with Crippen LogP contribution in [0.3, 0.4) is 0 Å². The van der Waals surface area contributed by atoms with Gasteiger partial charge in [0.2, 0.25) is 0 Å².